The van der Waals surface area contributed by atoms with Gasteiger partial charge in [0.2, 0.25) is 10.0 Å². The fraction of sp³-hybridized carbons (Fsp3) is 0.500. The Balaban J connectivity index is 2.13. The van der Waals surface area contributed by atoms with E-state index in [2.05, 4.69) is 0 Å². The van der Waals surface area contributed by atoms with Gasteiger partial charge in [-0.25, -0.2) is 8.42 Å². The number of hydrogen-bond acceptors (Lipinski definition) is 3. The Kier molecular flexibility index (Phi) is 4.14. The molecule has 1 aliphatic rings. The molecule has 1 fully saturated rings. The molecule has 18 heavy (non-hydrogen) atoms. The largest absolute Gasteiger partial charge is 0.497 e. The lowest BCUT2D eigenvalue weighted by Crippen LogP contribution is -2.33. The van der Waals surface area contributed by atoms with Crippen LogP contribution in [0, 0.1) is 0 Å². The van der Waals surface area contributed by atoms with Gasteiger partial charge in [-0.05, 0) is 30.5 Å². The van der Waals surface area contributed by atoms with Crippen molar-refractivity contribution in [3.63, 3.8) is 0 Å². The molecule has 0 aromatic heterocycles. The molecule has 1 saturated carbocycles. The standard InChI is InChI=1S/C12H16ClNO3S/c1-17-12-6-2-10(3-7-12)8-14(11-4-5-11)18(15,16)9-13/h2-3,6-7,11H,4-5,8-9H2,1H3. The summed E-state index contributed by atoms with van der Waals surface area (Å²) in [5, 5.41) is -0.361. The topological polar surface area (TPSA) is 46.6 Å². The van der Waals surface area contributed by atoms with Gasteiger partial charge in [0.15, 0.2) is 0 Å². The number of ether oxygens (including phenoxy) is 1. The fourth-order valence-corrected chi connectivity index (χ4v) is 3.30. The van der Waals surface area contributed by atoms with Crippen LogP contribution in [-0.4, -0.2) is 31.1 Å². The highest BCUT2D eigenvalue weighted by molar-refractivity contribution is 7.90. The molecule has 2 rings (SSSR count). The highest BCUT2D eigenvalue weighted by Crippen LogP contribution is 2.31. The van der Waals surface area contributed by atoms with Gasteiger partial charge in [-0.3, -0.25) is 0 Å². The summed E-state index contributed by atoms with van der Waals surface area (Å²) in [6, 6.07) is 7.52. The molecule has 1 aliphatic carbocycles. The summed E-state index contributed by atoms with van der Waals surface area (Å²) < 4.78 is 30.3. The predicted octanol–water partition coefficient (Wildman–Crippen LogP) is 2.19. The molecule has 0 amide bonds. The minimum Gasteiger partial charge on any atom is -0.497 e. The van der Waals surface area contributed by atoms with E-state index >= 15 is 0 Å². The minimum absolute atomic E-state index is 0.121. The zero-order chi connectivity index (χ0) is 13.2. The Labute approximate surface area is 113 Å². The number of hydrogen-bond donors (Lipinski definition) is 0. The van der Waals surface area contributed by atoms with E-state index in [1.165, 1.54) is 4.31 Å². The highest BCUT2D eigenvalue weighted by atomic mass is 35.5. The lowest BCUT2D eigenvalue weighted by Gasteiger charge is -2.20. The molecule has 0 spiro atoms. The Morgan fingerprint density at radius 1 is 1.33 bits per heavy atom. The average Bonchev–Trinajstić information content (AvgIpc) is 3.20. The lowest BCUT2D eigenvalue weighted by atomic mass is 10.2. The van der Waals surface area contributed by atoms with E-state index in [9.17, 15) is 8.42 Å². The second kappa shape index (κ2) is 5.47. The summed E-state index contributed by atoms with van der Waals surface area (Å²) >= 11 is 5.52. The molecule has 0 unspecified atom stereocenters. The van der Waals surface area contributed by atoms with Gasteiger partial charge in [0, 0.05) is 12.6 Å². The molecule has 1 aromatic carbocycles. The van der Waals surface area contributed by atoms with Gasteiger partial charge in [-0.15, -0.1) is 11.6 Å². The van der Waals surface area contributed by atoms with Crippen molar-refractivity contribution in [3.8, 4) is 5.75 Å². The summed E-state index contributed by atoms with van der Waals surface area (Å²) in [4.78, 5) is 0. The van der Waals surface area contributed by atoms with Crippen LogP contribution in [0.25, 0.3) is 0 Å². The maximum absolute atomic E-state index is 11.9. The van der Waals surface area contributed by atoms with Crippen LogP contribution in [0.4, 0.5) is 0 Å². The highest BCUT2D eigenvalue weighted by Gasteiger charge is 2.36. The summed E-state index contributed by atoms with van der Waals surface area (Å²) in [7, 11) is -1.74. The molecule has 4 nitrogen and oxygen atoms in total. The van der Waals surface area contributed by atoms with Crippen LogP contribution in [0.2, 0.25) is 0 Å². The minimum atomic E-state index is -3.34. The number of nitrogens with zero attached hydrogens (tertiary/aromatic N) is 1. The zero-order valence-corrected chi connectivity index (χ0v) is 11.7. The second-order valence-electron chi connectivity index (χ2n) is 4.35. The van der Waals surface area contributed by atoms with Crippen LogP contribution in [0.5, 0.6) is 5.75 Å². The van der Waals surface area contributed by atoms with E-state index in [1.54, 1.807) is 7.11 Å². The Morgan fingerprint density at radius 3 is 2.39 bits per heavy atom. The SMILES string of the molecule is COc1ccc(CN(C2CC2)S(=O)(=O)CCl)cc1. The smallest absolute Gasteiger partial charge is 0.228 e. The van der Waals surface area contributed by atoms with Gasteiger partial charge in [-0.2, -0.15) is 4.31 Å². The molecule has 0 radical (unpaired) electrons. The Morgan fingerprint density at radius 2 is 1.94 bits per heavy atom. The van der Waals surface area contributed by atoms with Gasteiger partial charge in [-0.1, -0.05) is 12.1 Å². The van der Waals surface area contributed by atoms with E-state index in [-0.39, 0.29) is 11.3 Å². The number of halogens is 1. The van der Waals surface area contributed by atoms with Gasteiger partial charge < -0.3 is 4.74 Å². The van der Waals surface area contributed by atoms with Gasteiger partial charge in [0.1, 0.15) is 11.0 Å². The molecule has 0 bridgehead atoms. The molecule has 0 heterocycles. The third kappa shape index (κ3) is 3.16. The van der Waals surface area contributed by atoms with E-state index < -0.39 is 10.0 Å². The van der Waals surface area contributed by atoms with E-state index in [4.69, 9.17) is 16.3 Å². The summed E-state index contributed by atoms with van der Waals surface area (Å²) in [5.74, 6) is 0.761. The molecule has 0 aliphatic heterocycles. The normalized spacial score (nSPS) is 15.9. The Hall–Kier alpha value is -0.780. The molecule has 0 N–H and O–H groups in total. The van der Waals surface area contributed by atoms with E-state index in [0.717, 1.165) is 24.2 Å². The van der Waals surface area contributed by atoms with Crippen LogP contribution in [-0.2, 0) is 16.6 Å². The first-order valence-electron chi connectivity index (χ1n) is 5.75. The molecule has 0 saturated heterocycles. The van der Waals surface area contributed by atoms with E-state index in [0.29, 0.717) is 6.54 Å². The molecule has 1 aromatic rings. The van der Waals surface area contributed by atoms with Crippen molar-refractivity contribution in [3.05, 3.63) is 29.8 Å². The van der Waals surface area contributed by atoms with Crippen molar-refractivity contribution in [1.29, 1.82) is 0 Å². The quantitative estimate of drug-likeness (QED) is 0.754. The third-order valence-corrected chi connectivity index (χ3v) is 5.19. The molecular weight excluding hydrogens is 274 g/mol. The van der Waals surface area contributed by atoms with Crippen LogP contribution >= 0.6 is 11.6 Å². The van der Waals surface area contributed by atoms with Crippen LogP contribution in [0.15, 0.2) is 24.3 Å². The first kappa shape index (κ1) is 13.6. The monoisotopic (exact) mass is 289 g/mol. The molecular formula is C12H16ClNO3S. The lowest BCUT2D eigenvalue weighted by molar-refractivity contribution is 0.399. The van der Waals surface area contributed by atoms with Gasteiger partial charge in [0.05, 0.1) is 7.11 Å². The molecule has 0 atom stereocenters. The van der Waals surface area contributed by atoms with Gasteiger partial charge in [0.25, 0.3) is 0 Å². The van der Waals surface area contributed by atoms with Crippen LogP contribution in [0.1, 0.15) is 18.4 Å². The summed E-state index contributed by atoms with van der Waals surface area (Å²) in [6.45, 7) is 0.379. The molecule has 100 valence electrons. The maximum Gasteiger partial charge on any atom is 0.228 e. The number of rotatable bonds is 6. The third-order valence-electron chi connectivity index (χ3n) is 2.95. The van der Waals surface area contributed by atoms with Gasteiger partial charge >= 0.3 is 0 Å². The fourth-order valence-electron chi connectivity index (χ4n) is 1.79. The van der Waals surface area contributed by atoms with Crippen molar-refractivity contribution >= 4 is 21.6 Å². The first-order chi connectivity index (χ1) is 8.56. The maximum atomic E-state index is 11.9. The molecule has 6 heteroatoms. The number of sulfonamides is 1. The summed E-state index contributed by atoms with van der Waals surface area (Å²) in [6.07, 6.45) is 1.85. The van der Waals surface area contributed by atoms with Crippen LogP contribution in [0.3, 0.4) is 0 Å². The number of alkyl halides is 1. The first-order valence-corrected chi connectivity index (χ1v) is 7.89. The number of methoxy groups -OCH3 is 1. The van der Waals surface area contributed by atoms with Crippen molar-refractivity contribution in [2.45, 2.75) is 25.4 Å². The average molecular weight is 290 g/mol. The van der Waals surface area contributed by atoms with Crippen molar-refractivity contribution in [2.75, 3.05) is 12.3 Å². The van der Waals surface area contributed by atoms with Crippen LogP contribution < -0.4 is 4.74 Å². The van der Waals surface area contributed by atoms with E-state index in [1.807, 2.05) is 24.3 Å². The van der Waals surface area contributed by atoms with Crippen molar-refractivity contribution in [2.24, 2.45) is 0 Å². The summed E-state index contributed by atoms with van der Waals surface area (Å²) in [5.41, 5.74) is 0.941. The van der Waals surface area contributed by atoms with Crippen molar-refractivity contribution < 1.29 is 13.2 Å². The predicted molar refractivity (Wildman–Crippen MR) is 71.2 cm³/mol. The second-order valence-corrected chi connectivity index (χ2v) is 6.85. The van der Waals surface area contributed by atoms with Crippen molar-refractivity contribution in [1.82, 2.24) is 4.31 Å². The zero-order valence-electron chi connectivity index (χ0n) is 10.2. The Bertz CT molecular complexity index is 497. The number of benzene rings is 1.